The number of rotatable bonds is 3. The maximum atomic E-state index is 12.6. The van der Waals surface area contributed by atoms with Gasteiger partial charge in [0.15, 0.2) is 0 Å². The Balaban J connectivity index is 1.96. The average Bonchev–Trinajstić information content (AvgIpc) is 3.04. The Kier molecular flexibility index (Phi) is 3.76. The molecule has 0 N–H and O–H groups in total. The highest BCUT2D eigenvalue weighted by Gasteiger charge is 2.44. The lowest BCUT2D eigenvalue weighted by molar-refractivity contribution is -0.151. The number of ether oxygens (including phenoxy) is 2. The van der Waals surface area contributed by atoms with E-state index < -0.39 is 23.6 Å². The lowest BCUT2D eigenvalue weighted by Crippen LogP contribution is -2.32. The van der Waals surface area contributed by atoms with Crippen LogP contribution in [0.25, 0.3) is 11.0 Å². The van der Waals surface area contributed by atoms with Gasteiger partial charge in [-0.1, -0.05) is 42.5 Å². The van der Waals surface area contributed by atoms with Crippen molar-refractivity contribution >= 4 is 16.9 Å². The highest BCUT2D eigenvalue weighted by atomic mass is 16.6. The minimum Gasteiger partial charge on any atom is -0.476 e. The zero-order chi connectivity index (χ0) is 17.4. The van der Waals surface area contributed by atoms with Crippen LogP contribution in [0.5, 0.6) is 5.75 Å². The van der Waals surface area contributed by atoms with E-state index in [0.29, 0.717) is 22.3 Å². The predicted molar refractivity (Wildman–Crippen MR) is 91.8 cm³/mol. The fourth-order valence-corrected chi connectivity index (χ4v) is 3.29. The zero-order valence-corrected chi connectivity index (χ0v) is 13.6. The van der Waals surface area contributed by atoms with Crippen molar-refractivity contribution in [3.8, 4) is 5.75 Å². The standard InChI is InChI=1S/C20H16O5/c1-2-23-20(22)18-15(12-8-4-3-5-9-12)16-17(25-18)13-10-6-7-11-14(13)24-19(16)21/h3-11,15,18H,2H2,1H3/t15-,18+/m1/s1. The van der Waals surface area contributed by atoms with E-state index in [0.717, 1.165) is 5.56 Å². The minimum absolute atomic E-state index is 0.242. The SMILES string of the molecule is CCOC(=O)[C@H]1Oc2c(c(=O)oc3ccccc23)[C@H]1c1ccccc1. The number of hydrogen-bond acceptors (Lipinski definition) is 5. The first-order valence-corrected chi connectivity index (χ1v) is 8.14. The van der Waals surface area contributed by atoms with Gasteiger partial charge in [-0.15, -0.1) is 0 Å². The molecule has 1 aliphatic heterocycles. The van der Waals surface area contributed by atoms with Gasteiger partial charge in [0.2, 0.25) is 6.10 Å². The molecular formula is C20H16O5. The average molecular weight is 336 g/mol. The first-order valence-electron chi connectivity index (χ1n) is 8.14. The van der Waals surface area contributed by atoms with Crippen molar-refractivity contribution in [2.24, 2.45) is 0 Å². The van der Waals surface area contributed by atoms with Gasteiger partial charge in [-0.2, -0.15) is 0 Å². The highest BCUT2D eigenvalue weighted by molar-refractivity contribution is 5.88. The highest BCUT2D eigenvalue weighted by Crippen LogP contribution is 2.44. The molecule has 0 spiro atoms. The molecule has 0 radical (unpaired) electrons. The molecule has 0 fully saturated rings. The third kappa shape index (κ3) is 2.48. The van der Waals surface area contributed by atoms with Gasteiger partial charge < -0.3 is 13.9 Å². The minimum atomic E-state index is -0.911. The van der Waals surface area contributed by atoms with Crippen molar-refractivity contribution in [2.75, 3.05) is 6.61 Å². The number of para-hydroxylation sites is 1. The van der Waals surface area contributed by atoms with E-state index in [1.54, 1.807) is 19.1 Å². The summed E-state index contributed by atoms with van der Waals surface area (Å²) in [5.41, 5.74) is 1.11. The maximum absolute atomic E-state index is 12.6. The van der Waals surface area contributed by atoms with E-state index in [4.69, 9.17) is 13.9 Å². The van der Waals surface area contributed by atoms with Crippen LogP contribution in [0.2, 0.25) is 0 Å². The van der Waals surface area contributed by atoms with Gasteiger partial charge in [0.1, 0.15) is 11.3 Å². The quantitative estimate of drug-likeness (QED) is 0.542. The summed E-state index contributed by atoms with van der Waals surface area (Å²) in [5.74, 6) is -0.647. The Morgan fingerprint density at radius 3 is 2.56 bits per heavy atom. The van der Waals surface area contributed by atoms with Crippen LogP contribution < -0.4 is 10.4 Å². The van der Waals surface area contributed by atoms with Gasteiger partial charge in [0.25, 0.3) is 0 Å². The first kappa shape index (κ1) is 15.4. The van der Waals surface area contributed by atoms with Crippen molar-refractivity contribution < 1.29 is 18.7 Å². The molecule has 126 valence electrons. The molecule has 2 heterocycles. The van der Waals surface area contributed by atoms with Gasteiger partial charge in [0.05, 0.1) is 23.5 Å². The predicted octanol–water partition coefficient (Wildman–Crippen LogP) is 3.25. The number of carbonyl (C=O) groups is 1. The fraction of sp³-hybridized carbons (Fsp3) is 0.200. The van der Waals surface area contributed by atoms with Crippen molar-refractivity contribution in [1.82, 2.24) is 0 Å². The number of benzene rings is 2. The third-order valence-electron chi connectivity index (χ3n) is 4.34. The Morgan fingerprint density at radius 2 is 1.80 bits per heavy atom. The maximum Gasteiger partial charge on any atom is 0.348 e. The van der Waals surface area contributed by atoms with Crippen molar-refractivity contribution in [3.63, 3.8) is 0 Å². The molecule has 25 heavy (non-hydrogen) atoms. The van der Waals surface area contributed by atoms with Crippen LogP contribution in [-0.4, -0.2) is 18.7 Å². The van der Waals surface area contributed by atoms with E-state index in [1.807, 2.05) is 42.5 Å². The number of esters is 1. The van der Waals surface area contributed by atoms with Gasteiger partial charge in [-0.05, 0) is 24.6 Å². The Morgan fingerprint density at radius 1 is 1.08 bits per heavy atom. The lowest BCUT2D eigenvalue weighted by Gasteiger charge is -2.17. The molecular weight excluding hydrogens is 320 g/mol. The van der Waals surface area contributed by atoms with Crippen LogP contribution >= 0.6 is 0 Å². The van der Waals surface area contributed by atoms with Crippen molar-refractivity contribution in [1.29, 1.82) is 0 Å². The van der Waals surface area contributed by atoms with Crippen LogP contribution in [0.3, 0.4) is 0 Å². The van der Waals surface area contributed by atoms with Gasteiger partial charge in [-0.25, -0.2) is 9.59 Å². The molecule has 1 aromatic heterocycles. The van der Waals surface area contributed by atoms with Crippen LogP contribution in [0, 0.1) is 0 Å². The molecule has 0 bridgehead atoms. The van der Waals surface area contributed by atoms with E-state index in [2.05, 4.69) is 0 Å². The summed E-state index contributed by atoms with van der Waals surface area (Å²) in [5, 5.41) is 0.671. The fourth-order valence-electron chi connectivity index (χ4n) is 3.29. The lowest BCUT2D eigenvalue weighted by atomic mass is 9.88. The van der Waals surface area contributed by atoms with E-state index in [-0.39, 0.29) is 6.61 Å². The van der Waals surface area contributed by atoms with E-state index in [1.165, 1.54) is 0 Å². The molecule has 2 aromatic carbocycles. The molecule has 1 aliphatic rings. The van der Waals surface area contributed by atoms with E-state index >= 15 is 0 Å². The van der Waals surface area contributed by atoms with E-state index in [9.17, 15) is 9.59 Å². The second kappa shape index (κ2) is 6.09. The third-order valence-corrected chi connectivity index (χ3v) is 4.34. The van der Waals surface area contributed by atoms with Crippen LogP contribution in [0.15, 0.2) is 63.8 Å². The summed E-state index contributed by atoms with van der Waals surface area (Å²) in [6, 6.07) is 16.5. The van der Waals surface area contributed by atoms with Gasteiger partial charge >= 0.3 is 11.6 Å². The summed E-state index contributed by atoms with van der Waals surface area (Å²) in [4.78, 5) is 25.1. The molecule has 3 aromatic rings. The number of fused-ring (bicyclic) bond motifs is 3. The monoisotopic (exact) mass is 336 g/mol. The molecule has 0 aliphatic carbocycles. The van der Waals surface area contributed by atoms with Crippen LogP contribution in [-0.2, 0) is 9.53 Å². The molecule has 0 saturated heterocycles. The second-order valence-electron chi connectivity index (χ2n) is 5.81. The second-order valence-corrected chi connectivity index (χ2v) is 5.81. The zero-order valence-electron chi connectivity index (χ0n) is 13.6. The Hall–Kier alpha value is -3.08. The summed E-state index contributed by atoms with van der Waals surface area (Å²) in [6.45, 7) is 1.98. The normalized spacial score (nSPS) is 18.6. The molecule has 5 heteroatoms. The smallest absolute Gasteiger partial charge is 0.348 e. The molecule has 0 unspecified atom stereocenters. The Labute approximate surface area is 143 Å². The summed E-state index contributed by atoms with van der Waals surface area (Å²) in [6.07, 6.45) is -0.911. The summed E-state index contributed by atoms with van der Waals surface area (Å²) >= 11 is 0. The van der Waals surface area contributed by atoms with Crippen LogP contribution in [0.4, 0.5) is 0 Å². The Bertz CT molecular complexity index is 990. The van der Waals surface area contributed by atoms with Crippen LogP contribution in [0.1, 0.15) is 24.0 Å². The molecule has 2 atom stereocenters. The number of carbonyl (C=O) groups excluding carboxylic acids is 1. The molecule has 0 amide bonds. The van der Waals surface area contributed by atoms with Gasteiger partial charge in [0, 0.05) is 0 Å². The van der Waals surface area contributed by atoms with Crippen molar-refractivity contribution in [3.05, 3.63) is 76.1 Å². The van der Waals surface area contributed by atoms with Crippen molar-refractivity contribution in [2.45, 2.75) is 18.9 Å². The number of hydrogen-bond donors (Lipinski definition) is 0. The largest absolute Gasteiger partial charge is 0.476 e. The summed E-state index contributed by atoms with van der Waals surface area (Å²) in [7, 11) is 0. The molecule has 4 rings (SSSR count). The van der Waals surface area contributed by atoms with Gasteiger partial charge in [-0.3, -0.25) is 0 Å². The molecule has 0 saturated carbocycles. The molecule has 5 nitrogen and oxygen atoms in total. The first-order chi connectivity index (χ1) is 12.2. The topological polar surface area (TPSA) is 65.7 Å². The summed E-state index contributed by atoms with van der Waals surface area (Å²) < 4.78 is 16.6.